The molecule has 0 unspecified atom stereocenters. The van der Waals surface area contributed by atoms with E-state index in [1.807, 2.05) is 0 Å². The van der Waals surface area contributed by atoms with Crippen LogP contribution in [0.15, 0.2) is 0 Å². The Morgan fingerprint density at radius 3 is 1.12 bits per heavy atom. The van der Waals surface area contributed by atoms with E-state index in [1.54, 1.807) is 0 Å². The molecule has 0 N–H and O–H groups in total. The zero-order valence-electron chi connectivity index (χ0n) is 6.27. The topological polar surface area (TPSA) is 3.24 Å². The first-order valence-electron chi connectivity index (χ1n) is 2.44. The summed E-state index contributed by atoms with van der Waals surface area (Å²) in [6, 6.07) is 0. The van der Waals surface area contributed by atoms with Crippen molar-refractivity contribution in [3.8, 4) is 0 Å². The minimum Gasteiger partial charge on any atom is -1.00 e. The van der Waals surface area contributed by atoms with Crippen molar-refractivity contribution in [3.63, 3.8) is 0 Å². The molecule has 0 bridgehead atoms. The Morgan fingerprint density at radius 2 is 1.12 bits per heavy atom. The molecule has 0 saturated carbocycles. The lowest BCUT2D eigenvalue weighted by Crippen LogP contribution is -3.00. The molecule has 0 amide bonds. The third-order valence-electron chi connectivity index (χ3n) is 1.20. The van der Waals surface area contributed by atoms with E-state index in [2.05, 4.69) is 40.2 Å². The lowest BCUT2D eigenvalue weighted by Gasteiger charge is -2.29. The number of hydrogen-bond donors (Lipinski definition) is 0. The predicted molar refractivity (Wildman–Crippen MR) is 31.7 cm³/mol. The summed E-state index contributed by atoms with van der Waals surface area (Å²) < 4.78 is 0.889. The van der Waals surface area contributed by atoms with Crippen molar-refractivity contribution in [2.75, 3.05) is 35.2 Å². The summed E-state index contributed by atoms with van der Waals surface area (Å²) in [5.74, 6) is 0. The van der Waals surface area contributed by atoms with E-state index in [1.165, 1.54) is 0 Å². The SMILES string of the molecule is CN(C)[N+](C)(C)C.[I-]. The first-order valence-corrected chi connectivity index (χ1v) is 2.44. The van der Waals surface area contributed by atoms with Gasteiger partial charge in [0.25, 0.3) is 0 Å². The van der Waals surface area contributed by atoms with Gasteiger partial charge in [-0.3, -0.25) is 4.59 Å². The van der Waals surface area contributed by atoms with Crippen LogP contribution < -0.4 is 24.0 Å². The van der Waals surface area contributed by atoms with Gasteiger partial charge in [0.05, 0.1) is 21.1 Å². The summed E-state index contributed by atoms with van der Waals surface area (Å²) in [5.41, 5.74) is 0. The fourth-order valence-electron chi connectivity index (χ4n) is 0. The molecule has 0 fully saturated rings. The van der Waals surface area contributed by atoms with Crippen LogP contribution in [0, 0.1) is 0 Å². The van der Waals surface area contributed by atoms with E-state index in [0.29, 0.717) is 0 Å². The first-order chi connectivity index (χ1) is 2.94. The van der Waals surface area contributed by atoms with E-state index in [9.17, 15) is 0 Å². The molecule has 0 aliphatic heterocycles. The highest BCUT2D eigenvalue weighted by atomic mass is 127. The van der Waals surface area contributed by atoms with Gasteiger partial charge in [-0.05, 0) is 0 Å². The van der Waals surface area contributed by atoms with Crippen molar-refractivity contribution in [2.24, 2.45) is 0 Å². The molecule has 0 aromatic heterocycles. The molecule has 0 aliphatic rings. The van der Waals surface area contributed by atoms with E-state index >= 15 is 0 Å². The van der Waals surface area contributed by atoms with Crippen molar-refractivity contribution in [1.29, 1.82) is 0 Å². The third-order valence-corrected chi connectivity index (χ3v) is 1.20. The normalized spacial score (nSPS) is 11.2. The molecule has 0 rings (SSSR count). The molecular formula is C5H15IN2. The summed E-state index contributed by atoms with van der Waals surface area (Å²) in [6.45, 7) is 0. The van der Waals surface area contributed by atoms with Crippen LogP contribution in [0.5, 0.6) is 0 Å². The van der Waals surface area contributed by atoms with Gasteiger partial charge in [0.2, 0.25) is 0 Å². The monoisotopic (exact) mass is 230 g/mol. The highest BCUT2D eigenvalue weighted by Crippen LogP contribution is 1.89. The summed E-state index contributed by atoms with van der Waals surface area (Å²) in [4.78, 5) is 0. The molecule has 0 spiro atoms. The Labute approximate surface area is 69.0 Å². The van der Waals surface area contributed by atoms with Crippen LogP contribution in [0.1, 0.15) is 0 Å². The zero-order valence-corrected chi connectivity index (χ0v) is 8.43. The highest BCUT2D eigenvalue weighted by molar-refractivity contribution is 4.06. The van der Waals surface area contributed by atoms with Gasteiger partial charge in [0.1, 0.15) is 0 Å². The average Bonchev–Trinajstić information content (AvgIpc) is 1.31. The number of nitrogens with zero attached hydrogens (tertiary/aromatic N) is 2. The summed E-state index contributed by atoms with van der Waals surface area (Å²) in [5, 5.41) is 2.12. The predicted octanol–water partition coefficient (Wildman–Crippen LogP) is -2.83. The van der Waals surface area contributed by atoms with E-state index in [-0.39, 0.29) is 24.0 Å². The molecule has 8 heavy (non-hydrogen) atoms. The highest BCUT2D eigenvalue weighted by Gasteiger charge is 2.07. The Balaban J connectivity index is 0. The van der Waals surface area contributed by atoms with Gasteiger partial charge >= 0.3 is 0 Å². The zero-order chi connectivity index (χ0) is 6.08. The Bertz CT molecular complexity index is 55.9. The van der Waals surface area contributed by atoms with Crippen LogP contribution in [-0.4, -0.2) is 44.8 Å². The van der Waals surface area contributed by atoms with E-state index < -0.39 is 0 Å². The number of halogens is 1. The van der Waals surface area contributed by atoms with Crippen molar-refractivity contribution in [1.82, 2.24) is 5.01 Å². The molecule has 0 heterocycles. The van der Waals surface area contributed by atoms with Gasteiger partial charge < -0.3 is 24.0 Å². The standard InChI is InChI=1S/C5H15N2.HI/c1-6(2)7(3,4)5;/h1-5H3;1H/q+1;/p-1. The third kappa shape index (κ3) is 4.80. The van der Waals surface area contributed by atoms with Crippen molar-refractivity contribution >= 4 is 0 Å². The summed E-state index contributed by atoms with van der Waals surface area (Å²) in [7, 11) is 10.5. The fourth-order valence-corrected chi connectivity index (χ4v) is 0. The van der Waals surface area contributed by atoms with Crippen LogP contribution >= 0.6 is 0 Å². The van der Waals surface area contributed by atoms with Crippen molar-refractivity contribution < 1.29 is 28.6 Å². The molecule has 0 aromatic rings. The second-order valence-corrected chi connectivity index (χ2v) is 2.79. The molecular weight excluding hydrogens is 215 g/mol. The molecule has 3 heteroatoms. The van der Waals surface area contributed by atoms with Gasteiger partial charge in [-0.15, -0.1) is 0 Å². The first kappa shape index (κ1) is 11.4. The molecule has 2 nitrogen and oxygen atoms in total. The van der Waals surface area contributed by atoms with E-state index in [0.717, 1.165) is 4.59 Å². The minimum absolute atomic E-state index is 0. The largest absolute Gasteiger partial charge is 1.00 e. The molecule has 0 aliphatic carbocycles. The second kappa shape index (κ2) is 3.63. The van der Waals surface area contributed by atoms with Crippen LogP contribution in [0.25, 0.3) is 0 Å². The molecule has 0 saturated heterocycles. The van der Waals surface area contributed by atoms with Crippen molar-refractivity contribution in [2.45, 2.75) is 0 Å². The number of quaternary nitrogens is 1. The van der Waals surface area contributed by atoms with Crippen LogP contribution in [-0.2, 0) is 0 Å². The molecule has 0 radical (unpaired) electrons. The van der Waals surface area contributed by atoms with E-state index in [4.69, 9.17) is 0 Å². The van der Waals surface area contributed by atoms with Crippen LogP contribution in [0.3, 0.4) is 0 Å². The van der Waals surface area contributed by atoms with Crippen LogP contribution in [0.4, 0.5) is 0 Å². The van der Waals surface area contributed by atoms with Gasteiger partial charge in [0, 0.05) is 14.1 Å². The Morgan fingerprint density at radius 1 is 1.00 bits per heavy atom. The Hall–Kier alpha value is 0.650. The molecule has 52 valence electrons. The maximum absolute atomic E-state index is 2.12. The molecule has 0 aromatic carbocycles. The fraction of sp³-hybridized carbons (Fsp3) is 1.00. The minimum atomic E-state index is 0. The number of rotatable bonds is 1. The maximum atomic E-state index is 2.12. The molecule has 0 atom stereocenters. The lowest BCUT2D eigenvalue weighted by atomic mass is 10.8. The lowest BCUT2D eigenvalue weighted by molar-refractivity contribution is -0.980. The van der Waals surface area contributed by atoms with Crippen molar-refractivity contribution in [3.05, 3.63) is 0 Å². The second-order valence-electron chi connectivity index (χ2n) is 2.79. The average molecular weight is 230 g/mol. The van der Waals surface area contributed by atoms with Gasteiger partial charge in [0.15, 0.2) is 0 Å². The maximum Gasteiger partial charge on any atom is 0.0855 e. The van der Waals surface area contributed by atoms with Gasteiger partial charge in [-0.1, -0.05) is 0 Å². The van der Waals surface area contributed by atoms with Gasteiger partial charge in [-0.25, -0.2) is 0 Å². The van der Waals surface area contributed by atoms with Crippen LogP contribution in [0.2, 0.25) is 0 Å². The smallest absolute Gasteiger partial charge is 0.0855 e. The van der Waals surface area contributed by atoms with Gasteiger partial charge in [-0.2, -0.15) is 5.01 Å². The summed E-state index contributed by atoms with van der Waals surface area (Å²) in [6.07, 6.45) is 0. The Kier molecular flexibility index (Phi) is 5.20. The quantitative estimate of drug-likeness (QED) is 0.267. The summed E-state index contributed by atoms with van der Waals surface area (Å²) >= 11 is 0. The number of hydrogen-bond acceptors (Lipinski definition) is 1.